The van der Waals surface area contributed by atoms with Crippen LogP contribution in [0.25, 0.3) is 0 Å². The molecule has 0 aliphatic heterocycles. The maximum Gasteiger partial charge on any atom is 0.164 e. The number of halogens is 1. The zero-order chi connectivity index (χ0) is 12.7. The van der Waals surface area contributed by atoms with Gasteiger partial charge >= 0.3 is 0 Å². The Hall–Kier alpha value is -1.02. The molecule has 0 fully saturated rings. The number of unbranched alkanes of at least 4 members (excludes halogenated alkanes) is 1. The first-order valence-electron chi connectivity index (χ1n) is 6.14. The topological polar surface area (TPSA) is 26.3 Å². The van der Waals surface area contributed by atoms with E-state index < -0.39 is 0 Å². The van der Waals surface area contributed by atoms with Crippen LogP contribution >= 0.6 is 11.6 Å². The van der Waals surface area contributed by atoms with E-state index in [1.54, 1.807) is 18.2 Å². The van der Waals surface area contributed by atoms with Gasteiger partial charge in [0, 0.05) is 12.0 Å². The van der Waals surface area contributed by atoms with E-state index >= 15 is 0 Å². The number of hydrogen-bond acceptors (Lipinski definition) is 2. The maximum absolute atomic E-state index is 11.9. The highest BCUT2D eigenvalue weighted by molar-refractivity contribution is 6.34. The molecule has 0 saturated heterocycles. The number of benzene rings is 1. The second-order valence-electron chi connectivity index (χ2n) is 4.02. The van der Waals surface area contributed by atoms with Crippen molar-refractivity contribution in [2.45, 2.75) is 39.5 Å². The van der Waals surface area contributed by atoms with Crippen LogP contribution in [0.4, 0.5) is 0 Å². The third kappa shape index (κ3) is 4.39. The molecule has 0 radical (unpaired) electrons. The first-order valence-corrected chi connectivity index (χ1v) is 6.52. The van der Waals surface area contributed by atoms with Gasteiger partial charge < -0.3 is 4.74 Å². The first-order chi connectivity index (χ1) is 8.19. The molecule has 0 aliphatic rings. The van der Waals surface area contributed by atoms with Crippen LogP contribution in [0, 0.1) is 0 Å². The molecule has 2 nitrogen and oxygen atoms in total. The van der Waals surface area contributed by atoms with Gasteiger partial charge in [-0.3, -0.25) is 4.79 Å². The van der Waals surface area contributed by atoms with Crippen LogP contribution in [0.15, 0.2) is 18.2 Å². The Balaban J connectivity index is 2.78. The van der Waals surface area contributed by atoms with Gasteiger partial charge in [0.05, 0.1) is 11.6 Å². The number of carbonyl (C=O) groups is 1. The summed E-state index contributed by atoms with van der Waals surface area (Å²) >= 11 is 6.03. The third-order valence-corrected chi connectivity index (χ3v) is 2.80. The molecule has 0 bridgehead atoms. The molecule has 1 rings (SSSR count). The van der Waals surface area contributed by atoms with E-state index in [-0.39, 0.29) is 5.78 Å². The van der Waals surface area contributed by atoms with E-state index in [1.165, 1.54) is 0 Å². The van der Waals surface area contributed by atoms with Crippen LogP contribution < -0.4 is 4.74 Å². The number of Topliss-reactive ketones (excluding diaryl/α,β-unsaturated/α-hetero) is 1. The molecule has 0 saturated carbocycles. The fourth-order valence-corrected chi connectivity index (χ4v) is 1.72. The van der Waals surface area contributed by atoms with Crippen molar-refractivity contribution in [2.75, 3.05) is 6.61 Å². The molecule has 0 N–H and O–H groups in total. The number of rotatable bonds is 7. The van der Waals surface area contributed by atoms with Crippen LogP contribution in [-0.2, 0) is 0 Å². The summed E-state index contributed by atoms with van der Waals surface area (Å²) in [7, 11) is 0. The molecular formula is C14H19ClO2. The minimum Gasteiger partial charge on any atom is -0.494 e. The van der Waals surface area contributed by atoms with Gasteiger partial charge in [0.25, 0.3) is 0 Å². The number of ether oxygens (including phenoxy) is 1. The van der Waals surface area contributed by atoms with E-state index in [0.29, 0.717) is 23.6 Å². The van der Waals surface area contributed by atoms with E-state index in [9.17, 15) is 4.79 Å². The van der Waals surface area contributed by atoms with E-state index in [0.717, 1.165) is 25.0 Å². The lowest BCUT2D eigenvalue weighted by molar-refractivity contribution is 0.0979. The molecule has 3 heteroatoms. The monoisotopic (exact) mass is 254 g/mol. The van der Waals surface area contributed by atoms with Gasteiger partial charge in [0.1, 0.15) is 5.75 Å². The van der Waals surface area contributed by atoms with Gasteiger partial charge in [0.2, 0.25) is 0 Å². The van der Waals surface area contributed by atoms with E-state index in [1.807, 2.05) is 6.92 Å². The van der Waals surface area contributed by atoms with Crippen molar-refractivity contribution < 1.29 is 9.53 Å². The largest absolute Gasteiger partial charge is 0.494 e. The van der Waals surface area contributed by atoms with Gasteiger partial charge in [-0.05, 0) is 31.0 Å². The highest BCUT2D eigenvalue weighted by Crippen LogP contribution is 2.24. The second kappa shape index (κ2) is 7.33. The van der Waals surface area contributed by atoms with Crippen LogP contribution in [0.1, 0.15) is 49.9 Å². The van der Waals surface area contributed by atoms with Gasteiger partial charge in [0.15, 0.2) is 5.78 Å². The fraction of sp³-hybridized carbons (Fsp3) is 0.500. The Labute approximate surface area is 108 Å². The number of carbonyl (C=O) groups excluding carboxylic acids is 1. The Morgan fingerprint density at radius 3 is 2.71 bits per heavy atom. The zero-order valence-corrected chi connectivity index (χ0v) is 11.2. The Kier molecular flexibility index (Phi) is 6.06. The van der Waals surface area contributed by atoms with Gasteiger partial charge in [-0.25, -0.2) is 0 Å². The van der Waals surface area contributed by atoms with Crippen LogP contribution in [0.5, 0.6) is 5.75 Å². The minimum atomic E-state index is 0.0961. The minimum absolute atomic E-state index is 0.0961. The molecule has 0 spiro atoms. The Bertz CT molecular complexity index is 374. The van der Waals surface area contributed by atoms with E-state index in [4.69, 9.17) is 16.3 Å². The quantitative estimate of drug-likeness (QED) is 0.670. The molecule has 0 atom stereocenters. The summed E-state index contributed by atoms with van der Waals surface area (Å²) in [6.07, 6.45) is 3.40. The predicted molar refractivity (Wildman–Crippen MR) is 71.1 cm³/mol. The van der Waals surface area contributed by atoms with Crippen molar-refractivity contribution in [1.82, 2.24) is 0 Å². The lowest BCUT2D eigenvalue weighted by atomic mass is 10.1. The summed E-state index contributed by atoms with van der Waals surface area (Å²) in [5.74, 6) is 0.815. The van der Waals surface area contributed by atoms with Crippen LogP contribution in [-0.4, -0.2) is 12.4 Å². The van der Waals surface area contributed by atoms with Crippen molar-refractivity contribution in [3.63, 3.8) is 0 Å². The number of hydrogen-bond donors (Lipinski definition) is 0. The highest BCUT2D eigenvalue weighted by Gasteiger charge is 2.11. The van der Waals surface area contributed by atoms with Gasteiger partial charge in [-0.1, -0.05) is 31.9 Å². The normalized spacial score (nSPS) is 10.3. The van der Waals surface area contributed by atoms with Crippen molar-refractivity contribution in [3.05, 3.63) is 28.8 Å². The average molecular weight is 255 g/mol. The summed E-state index contributed by atoms with van der Waals surface area (Å²) in [5.41, 5.74) is 0.578. The Morgan fingerprint density at radius 1 is 1.29 bits per heavy atom. The summed E-state index contributed by atoms with van der Waals surface area (Å²) < 4.78 is 5.49. The molecule has 1 aromatic rings. The van der Waals surface area contributed by atoms with Gasteiger partial charge in [-0.2, -0.15) is 0 Å². The van der Waals surface area contributed by atoms with E-state index in [2.05, 4.69) is 6.92 Å². The van der Waals surface area contributed by atoms with Crippen molar-refractivity contribution in [3.8, 4) is 5.75 Å². The summed E-state index contributed by atoms with van der Waals surface area (Å²) in [6, 6.07) is 5.27. The number of ketones is 1. The van der Waals surface area contributed by atoms with Crippen molar-refractivity contribution in [1.29, 1.82) is 0 Å². The van der Waals surface area contributed by atoms with Gasteiger partial charge in [-0.15, -0.1) is 0 Å². The second-order valence-corrected chi connectivity index (χ2v) is 4.42. The summed E-state index contributed by atoms with van der Waals surface area (Å²) in [5, 5.41) is 0.509. The molecule has 0 unspecified atom stereocenters. The zero-order valence-electron chi connectivity index (χ0n) is 10.5. The predicted octanol–water partition coefficient (Wildman–Crippen LogP) is 4.50. The fourth-order valence-electron chi connectivity index (χ4n) is 1.50. The molecular weight excluding hydrogens is 236 g/mol. The maximum atomic E-state index is 11.9. The lowest BCUT2D eigenvalue weighted by Gasteiger charge is -2.08. The molecule has 0 aliphatic carbocycles. The SMILES string of the molecule is CCCCC(=O)c1cc(OCCC)ccc1Cl. The van der Waals surface area contributed by atoms with Crippen LogP contribution in [0.3, 0.4) is 0 Å². The molecule has 1 aromatic carbocycles. The van der Waals surface area contributed by atoms with Crippen molar-refractivity contribution >= 4 is 17.4 Å². The lowest BCUT2D eigenvalue weighted by Crippen LogP contribution is -2.02. The first kappa shape index (κ1) is 14.0. The summed E-state index contributed by atoms with van der Waals surface area (Å²) in [4.78, 5) is 11.9. The molecule has 94 valence electrons. The molecule has 0 aromatic heterocycles. The summed E-state index contributed by atoms with van der Waals surface area (Å²) in [6.45, 7) is 4.77. The third-order valence-electron chi connectivity index (χ3n) is 2.47. The molecule has 0 amide bonds. The molecule has 0 heterocycles. The highest BCUT2D eigenvalue weighted by atomic mass is 35.5. The molecule has 17 heavy (non-hydrogen) atoms. The van der Waals surface area contributed by atoms with Crippen LogP contribution in [0.2, 0.25) is 5.02 Å². The smallest absolute Gasteiger partial charge is 0.164 e. The standard InChI is InChI=1S/C14H19ClO2/c1-3-5-6-14(16)12-10-11(17-9-4-2)7-8-13(12)15/h7-8,10H,3-6,9H2,1-2H3. The van der Waals surface area contributed by atoms with Crippen molar-refractivity contribution in [2.24, 2.45) is 0 Å². The Morgan fingerprint density at radius 2 is 2.06 bits per heavy atom. The average Bonchev–Trinajstić information content (AvgIpc) is 2.35.